The van der Waals surface area contributed by atoms with Crippen molar-refractivity contribution in [3.05, 3.63) is 82.1 Å². The van der Waals surface area contributed by atoms with Gasteiger partial charge in [0, 0.05) is 17.1 Å². The maximum atomic E-state index is 12.8. The van der Waals surface area contributed by atoms with Crippen molar-refractivity contribution >= 4 is 39.8 Å². The number of aliphatic imine (C=N–C) groups is 1. The first kappa shape index (κ1) is 20.3. The Balaban J connectivity index is 1.55. The number of hydrogen-bond acceptors (Lipinski definition) is 5. The average Bonchev–Trinajstić information content (AvgIpc) is 3.47. The van der Waals surface area contributed by atoms with Gasteiger partial charge in [-0.2, -0.15) is 15.1 Å². The molecule has 0 unspecified atom stereocenters. The number of rotatable bonds is 3. The fraction of sp³-hybridized carbons (Fsp3) is 0.167. The van der Waals surface area contributed by atoms with Crippen LogP contribution in [-0.2, 0) is 4.79 Å². The van der Waals surface area contributed by atoms with E-state index in [9.17, 15) is 4.79 Å². The molecule has 4 heterocycles. The minimum absolute atomic E-state index is 0.00518. The van der Waals surface area contributed by atoms with E-state index in [4.69, 9.17) is 9.83 Å². The first-order valence-corrected chi connectivity index (χ1v) is 11.0. The van der Waals surface area contributed by atoms with Gasteiger partial charge in [0.25, 0.3) is 5.91 Å². The summed E-state index contributed by atoms with van der Waals surface area (Å²) >= 11 is 1.22. The smallest absolute Gasteiger partial charge is 0.283 e. The summed E-state index contributed by atoms with van der Waals surface area (Å²) < 4.78 is 7.57. The van der Waals surface area contributed by atoms with Gasteiger partial charge < -0.3 is 8.98 Å². The summed E-state index contributed by atoms with van der Waals surface area (Å²) in [6.07, 6.45) is 3.30. The number of furan rings is 1. The zero-order chi connectivity index (χ0) is 22.6. The van der Waals surface area contributed by atoms with Gasteiger partial charge in [0.2, 0.25) is 5.17 Å². The molecule has 1 aromatic carbocycles. The fourth-order valence-electron chi connectivity index (χ4n) is 3.91. The van der Waals surface area contributed by atoms with E-state index in [1.54, 1.807) is 24.5 Å². The van der Waals surface area contributed by atoms with Gasteiger partial charge >= 0.3 is 0 Å². The molecule has 0 saturated carbocycles. The highest BCUT2D eigenvalue weighted by Gasteiger charge is 2.36. The number of benzene rings is 1. The Morgan fingerprint density at radius 1 is 1.12 bits per heavy atom. The molecule has 2 aromatic heterocycles. The molecule has 1 N–H and O–H groups in total. The van der Waals surface area contributed by atoms with E-state index in [1.165, 1.54) is 27.9 Å². The molecule has 1 amide bonds. The minimum Gasteiger partial charge on any atom is -0.462 e. The second kappa shape index (κ2) is 7.49. The quantitative estimate of drug-likeness (QED) is 0.579. The molecule has 0 aliphatic carbocycles. The van der Waals surface area contributed by atoms with Crippen LogP contribution in [-0.4, -0.2) is 31.5 Å². The number of carbonyl (C=O) groups is 1. The van der Waals surface area contributed by atoms with Crippen LogP contribution in [0.15, 0.2) is 62.7 Å². The van der Waals surface area contributed by atoms with Crippen molar-refractivity contribution in [3.63, 3.8) is 0 Å². The summed E-state index contributed by atoms with van der Waals surface area (Å²) in [5.41, 5.74) is 6.59. The highest BCUT2D eigenvalue weighted by molar-refractivity contribution is 8.27. The standard InChI is InChI=1S/C24H21N5O2S/c1-13-7-8-14(2)19(10-13)28-15(3)11-17(16(28)4)12-18-21(25)29-24(26-22(18)30)32-23(27-29)20-6-5-9-31-20/h5-12,25H,1-4H3. The number of hydrogen-bond donors (Lipinski definition) is 1. The second-order valence-electron chi connectivity index (χ2n) is 7.85. The lowest BCUT2D eigenvalue weighted by atomic mass is 10.1. The molecule has 2 aliphatic rings. The molecule has 0 fully saturated rings. The maximum Gasteiger partial charge on any atom is 0.283 e. The van der Waals surface area contributed by atoms with Crippen molar-refractivity contribution < 1.29 is 9.21 Å². The molecule has 0 bridgehead atoms. The zero-order valence-corrected chi connectivity index (χ0v) is 18.9. The molecule has 0 atom stereocenters. The molecule has 32 heavy (non-hydrogen) atoms. The molecule has 0 radical (unpaired) electrons. The molecule has 5 rings (SSSR count). The first-order chi connectivity index (χ1) is 15.3. The van der Waals surface area contributed by atoms with Gasteiger partial charge in [0.05, 0.1) is 11.8 Å². The van der Waals surface area contributed by atoms with Crippen molar-refractivity contribution in [3.8, 4) is 5.69 Å². The third kappa shape index (κ3) is 3.23. The van der Waals surface area contributed by atoms with Gasteiger partial charge in [-0.15, -0.1) is 0 Å². The van der Waals surface area contributed by atoms with Crippen LogP contribution in [0, 0.1) is 33.1 Å². The van der Waals surface area contributed by atoms with E-state index in [2.05, 4.69) is 46.7 Å². The number of aryl methyl sites for hydroxylation is 3. The molecular formula is C24H21N5O2S. The summed E-state index contributed by atoms with van der Waals surface area (Å²) in [7, 11) is 0. The van der Waals surface area contributed by atoms with Crippen LogP contribution in [0.5, 0.6) is 0 Å². The predicted octanol–water partition coefficient (Wildman–Crippen LogP) is 4.97. The number of fused-ring (bicyclic) bond motifs is 1. The summed E-state index contributed by atoms with van der Waals surface area (Å²) in [5.74, 6) is 0.140. The molecule has 160 valence electrons. The Morgan fingerprint density at radius 2 is 1.94 bits per heavy atom. The predicted molar refractivity (Wildman–Crippen MR) is 128 cm³/mol. The fourth-order valence-corrected chi connectivity index (χ4v) is 4.77. The maximum absolute atomic E-state index is 12.8. The SMILES string of the molecule is Cc1ccc(C)c(-n2c(C)cc(C=C3C(=N)N4N=C(c5ccco5)SC4=NC3=O)c2C)c1. The molecule has 0 spiro atoms. The lowest BCUT2D eigenvalue weighted by Gasteiger charge is -2.20. The summed E-state index contributed by atoms with van der Waals surface area (Å²) in [6.45, 7) is 8.22. The summed E-state index contributed by atoms with van der Waals surface area (Å²) in [4.78, 5) is 17.0. The molecule has 7 nitrogen and oxygen atoms in total. The van der Waals surface area contributed by atoms with E-state index in [0.717, 1.165) is 22.6 Å². The van der Waals surface area contributed by atoms with Gasteiger partial charge in [0.1, 0.15) is 0 Å². The Bertz CT molecular complexity index is 1380. The van der Waals surface area contributed by atoms with E-state index < -0.39 is 5.91 Å². The highest BCUT2D eigenvalue weighted by Crippen LogP contribution is 2.32. The van der Waals surface area contributed by atoms with E-state index in [-0.39, 0.29) is 11.4 Å². The molecule has 3 aromatic rings. The van der Waals surface area contributed by atoms with Gasteiger partial charge in [-0.1, -0.05) is 12.1 Å². The van der Waals surface area contributed by atoms with Crippen molar-refractivity contribution in [1.29, 1.82) is 5.41 Å². The van der Waals surface area contributed by atoms with Gasteiger partial charge in [-0.25, -0.2) is 0 Å². The van der Waals surface area contributed by atoms with Crippen LogP contribution in [0.1, 0.15) is 33.8 Å². The van der Waals surface area contributed by atoms with Gasteiger partial charge in [-0.3, -0.25) is 10.2 Å². The van der Waals surface area contributed by atoms with Crippen LogP contribution >= 0.6 is 11.8 Å². The van der Waals surface area contributed by atoms with E-state index in [0.29, 0.717) is 16.0 Å². The van der Waals surface area contributed by atoms with Crippen LogP contribution in [0.2, 0.25) is 0 Å². The Labute approximate surface area is 189 Å². The number of hydrazone groups is 1. The number of nitrogens with zero attached hydrogens (tertiary/aromatic N) is 4. The number of carbonyl (C=O) groups excluding carboxylic acids is 1. The highest BCUT2D eigenvalue weighted by atomic mass is 32.2. The number of amides is 1. The Kier molecular flexibility index (Phi) is 4.74. The van der Waals surface area contributed by atoms with Crippen molar-refractivity contribution in [2.24, 2.45) is 10.1 Å². The Hall–Kier alpha value is -3.65. The third-order valence-corrected chi connectivity index (χ3v) is 6.49. The van der Waals surface area contributed by atoms with Crippen molar-refractivity contribution in [2.45, 2.75) is 27.7 Å². The molecule has 2 aliphatic heterocycles. The van der Waals surface area contributed by atoms with Crippen LogP contribution in [0.3, 0.4) is 0 Å². The normalized spacial score (nSPS) is 17.1. The Morgan fingerprint density at radius 3 is 2.69 bits per heavy atom. The topological polar surface area (TPSA) is 86.9 Å². The number of nitrogens with one attached hydrogen (secondary N) is 1. The van der Waals surface area contributed by atoms with Gasteiger partial charge in [-0.05, 0) is 86.5 Å². The van der Waals surface area contributed by atoms with Crippen molar-refractivity contribution in [1.82, 2.24) is 9.58 Å². The first-order valence-electron chi connectivity index (χ1n) is 10.1. The number of amidine groups is 2. The minimum atomic E-state index is -0.443. The van der Waals surface area contributed by atoms with Crippen LogP contribution in [0.25, 0.3) is 11.8 Å². The number of aromatic nitrogens is 1. The molecule has 8 heteroatoms. The van der Waals surface area contributed by atoms with E-state index in [1.807, 2.05) is 19.9 Å². The van der Waals surface area contributed by atoms with E-state index >= 15 is 0 Å². The zero-order valence-electron chi connectivity index (χ0n) is 18.1. The molecule has 0 saturated heterocycles. The number of thioether (sulfide) groups is 1. The summed E-state index contributed by atoms with van der Waals surface area (Å²) in [6, 6.07) is 11.9. The lowest BCUT2D eigenvalue weighted by Crippen LogP contribution is -2.35. The van der Waals surface area contributed by atoms with Crippen LogP contribution in [0.4, 0.5) is 0 Å². The van der Waals surface area contributed by atoms with Crippen molar-refractivity contribution in [2.75, 3.05) is 0 Å². The summed E-state index contributed by atoms with van der Waals surface area (Å²) in [5, 5.41) is 15.4. The second-order valence-corrected chi connectivity index (χ2v) is 8.81. The van der Waals surface area contributed by atoms with Crippen LogP contribution < -0.4 is 0 Å². The third-order valence-electron chi connectivity index (χ3n) is 5.56. The largest absolute Gasteiger partial charge is 0.462 e. The van der Waals surface area contributed by atoms with Gasteiger partial charge in [0.15, 0.2) is 16.6 Å². The molecular weight excluding hydrogens is 422 g/mol. The average molecular weight is 444 g/mol. The monoisotopic (exact) mass is 443 g/mol. The lowest BCUT2D eigenvalue weighted by molar-refractivity contribution is -0.114.